The van der Waals surface area contributed by atoms with E-state index in [-0.39, 0.29) is 5.91 Å². The smallest absolute Gasteiger partial charge is 0.263 e. The second-order valence-corrected chi connectivity index (χ2v) is 5.47. The van der Waals surface area contributed by atoms with Crippen LogP contribution in [-0.2, 0) is 0 Å². The van der Waals surface area contributed by atoms with Crippen LogP contribution in [0.2, 0.25) is 0 Å². The summed E-state index contributed by atoms with van der Waals surface area (Å²) in [4.78, 5) is 23.6. The SMILES string of the molecule is CN(C)CCCNC(=O)c1sc2nccnc2c1N. The van der Waals surface area contributed by atoms with Gasteiger partial charge in [-0.3, -0.25) is 4.79 Å². The molecule has 0 aliphatic rings. The van der Waals surface area contributed by atoms with Gasteiger partial charge in [-0.25, -0.2) is 9.97 Å². The largest absolute Gasteiger partial charge is 0.396 e. The minimum Gasteiger partial charge on any atom is -0.396 e. The number of rotatable bonds is 5. The molecule has 19 heavy (non-hydrogen) atoms. The zero-order valence-corrected chi connectivity index (χ0v) is 11.8. The zero-order chi connectivity index (χ0) is 13.8. The predicted octanol–water partition coefficient (Wildman–Crippen LogP) is 0.955. The molecule has 2 aromatic heterocycles. The summed E-state index contributed by atoms with van der Waals surface area (Å²) in [6.45, 7) is 1.57. The molecule has 0 unspecified atom stereocenters. The van der Waals surface area contributed by atoms with Crippen LogP contribution in [0.5, 0.6) is 0 Å². The van der Waals surface area contributed by atoms with Gasteiger partial charge in [0.05, 0.1) is 5.69 Å². The van der Waals surface area contributed by atoms with Gasteiger partial charge < -0.3 is 16.0 Å². The van der Waals surface area contributed by atoms with Gasteiger partial charge in [-0.1, -0.05) is 0 Å². The van der Waals surface area contributed by atoms with E-state index in [1.807, 2.05) is 14.1 Å². The minimum absolute atomic E-state index is 0.152. The normalized spacial score (nSPS) is 11.1. The summed E-state index contributed by atoms with van der Waals surface area (Å²) in [5, 5.41) is 2.87. The molecule has 0 aliphatic carbocycles. The highest BCUT2D eigenvalue weighted by molar-refractivity contribution is 7.21. The molecule has 7 heteroatoms. The lowest BCUT2D eigenvalue weighted by molar-refractivity contribution is 0.0957. The highest BCUT2D eigenvalue weighted by Gasteiger charge is 2.17. The van der Waals surface area contributed by atoms with Crippen molar-refractivity contribution in [2.24, 2.45) is 0 Å². The molecule has 0 bridgehead atoms. The van der Waals surface area contributed by atoms with Crippen LogP contribution < -0.4 is 11.1 Å². The van der Waals surface area contributed by atoms with Crippen LogP contribution in [0.3, 0.4) is 0 Å². The van der Waals surface area contributed by atoms with Gasteiger partial charge in [-0.05, 0) is 27.1 Å². The first kappa shape index (κ1) is 13.7. The molecule has 2 rings (SSSR count). The van der Waals surface area contributed by atoms with E-state index in [0.717, 1.165) is 13.0 Å². The summed E-state index contributed by atoms with van der Waals surface area (Å²) >= 11 is 1.28. The number of nitrogens with two attached hydrogens (primary N) is 1. The fraction of sp³-hybridized carbons (Fsp3) is 0.417. The van der Waals surface area contributed by atoms with Crippen LogP contribution in [0.4, 0.5) is 5.69 Å². The molecule has 3 N–H and O–H groups in total. The van der Waals surface area contributed by atoms with Crippen molar-refractivity contribution >= 4 is 33.3 Å². The van der Waals surface area contributed by atoms with Crippen molar-refractivity contribution in [3.63, 3.8) is 0 Å². The second-order valence-electron chi connectivity index (χ2n) is 4.47. The number of anilines is 1. The Morgan fingerprint density at radius 2 is 2.16 bits per heavy atom. The van der Waals surface area contributed by atoms with E-state index in [1.165, 1.54) is 11.3 Å². The molecule has 0 fully saturated rings. The summed E-state index contributed by atoms with van der Waals surface area (Å²) in [7, 11) is 4.01. The molecule has 102 valence electrons. The molecule has 6 nitrogen and oxygen atoms in total. The summed E-state index contributed by atoms with van der Waals surface area (Å²) in [6, 6.07) is 0. The summed E-state index contributed by atoms with van der Waals surface area (Å²) in [5.41, 5.74) is 6.95. The molecule has 0 spiro atoms. The van der Waals surface area contributed by atoms with Gasteiger partial charge in [0, 0.05) is 18.9 Å². The maximum absolute atomic E-state index is 12.0. The third-order valence-electron chi connectivity index (χ3n) is 2.64. The predicted molar refractivity (Wildman–Crippen MR) is 77.3 cm³/mol. The Balaban J connectivity index is 2.03. The molecule has 1 amide bonds. The molecule has 0 saturated carbocycles. The highest BCUT2D eigenvalue weighted by Crippen LogP contribution is 2.30. The molecule has 0 saturated heterocycles. The van der Waals surface area contributed by atoms with Crippen molar-refractivity contribution in [1.82, 2.24) is 20.2 Å². The van der Waals surface area contributed by atoms with E-state index in [2.05, 4.69) is 20.2 Å². The first-order chi connectivity index (χ1) is 9.09. The number of hydrogen-bond acceptors (Lipinski definition) is 6. The van der Waals surface area contributed by atoms with Crippen LogP contribution in [0, 0.1) is 0 Å². The standard InChI is InChI=1S/C12H17N5OS/c1-17(2)7-3-4-15-11(18)10-8(13)9-12(19-10)16-6-5-14-9/h5-6H,3-4,7,13H2,1-2H3,(H,15,18). The maximum Gasteiger partial charge on any atom is 0.263 e. The third kappa shape index (κ3) is 3.18. The second kappa shape index (κ2) is 5.94. The Kier molecular flexibility index (Phi) is 4.28. The summed E-state index contributed by atoms with van der Waals surface area (Å²) in [6.07, 6.45) is 4.07. The minimum atomic E-state index is -0.152. The monoisotopic (exact) mass is 279 g/mol. The van der Waals surface area contributed by atoms with E-state index >= 15 is 0 Å². The average Bonchev–Trinajstić information content (AvgIpc) is 2.72. The van der Waals surface area contributed by atoms with Gasteiger partial charge >= 0.3 is 0 Å². The number of carbonyl (C=O) groups excluding carboxylic acids is 1. The van der Waals surface area contributed by atoms with Crippen molar-refractivity contribution in [2.45, 2.75) is 6.42 Å². The van der Waals surface area contributed by atoms with E-state index in [1.54, 1.807) is 12.4 Å². The van der Waals surface area contributed by atoms with Gasteiger partial charge in [-0.15, -0.1) is 11.3 Å². The Bertz CT molecular complexity index is 581. The summed E-state index contributed by atoms with van der Waals surface area (Å²) < 4.78 is 0. The van der Waals surface area contributed by atoms with Crippen LogP contribution in [0.25, 0.3) is 10.3 Å². The molecule has 0 radical (unpaired) electrons. The van der Waals surface area contributed by atoms with E-state index < -0.39 is 0 Å². The van der Waals surface area contributed by atoms with Crippen molar-refractivity contribution in [2.75, 3.05) is 32.9 Å². The fourth-order valence-corrected chi connectivity index (χ4v) is 2.63. The molecule has 2 aromatic rings. The lowest BCUT2D eigenvalue weighted by Crippen LogP contribution is -2.27. The molecular formula is C12H17N5OS. The van der Waals surface area contributed by atoms with Gasteiger partial charge in [-0.2, -0.15) is 0 Å². The van der Waals surface area contributed by atoms with Gasteiger partial charge in [0.15, 0.2) is 0 Å². The number of amides is 1. The Morgan fingerprint density at radius 1 is 1.42 bits per heavy atom. The molecule has 2 heterocycles. The Hall–Kier alpha value is -1.73. The average molecular weight is 279 g/mol. The number of nitrogen functional groups attached to an aromatic ring is 1. The Morgan fingerprint density at radius 3 is 2.84 bits per heavy atom. The Labute approximate surface area is 115 Å². The first-order valence-electron chi connectivity index (χ1n) is 6.01. The lowest BCUT2D eigenvalue weighted by Gasteiger charge is -2.09. The van der Waals surface area contributed by atoms with Crippen LogP contribution in [0.15, 0.2) is 12.4 Å². The van der Waals surface area contributed by atoms with Crippen LogP contribution in [0.1, 0.15) is 16.1 Å². The number of nitrogens with one attached hydrogen (secondary N) is 1. The summed E-state index contributed by atoms with van der Waals surface area (Å²) in [5.74, 6) is -0.152. The number of hydrogen-bond donors (Lipinski definition) is 2. The van der Waals surface area contributed by atoms with Gasteiger partial charge in [0.1, 0.15) is 15.2 Å². The van der Waals surface area contributed by atoms with E-state index in [4.69, 9.17) is 5.73 Å². The molecule has 0 aromatic carbocycles. The molecular weight excluding hydrogens is 262 g/mol. The third-order valence-corrected chi connectivity index (χ3v) is 3.74. The van der Waals surface area contributed by atoms with Crippen molar-refractivity contribution in [3.8, 4) is 0 Å². The van der Waals surface area contributed by atoms with Gasteiger partial charge in [0.2, 0.25) is 0 Å². The quantitative estimate of drug-likeness (QED) is 0.796. The highest BCUT2D eigenvalue weighted by atomic mass is 32.1. The lowest BCUT2D eigenvalue weighted by atomic mass is 10.3. The van der Waals surface area contributed by atoms with Gasteiger partial charge in [0.25, 0.3) is 5.91 Å². The number of carbonyl (C=O) groups is 1. The molecule has 0 aliphatic heterocycles. The zero-order valence-electron chi connectivity index (χ0n) is 11.0. The number of nitrogens with zero attached hydrogens (tertiary/aromatic N) is 3. The maximum atomic E-state index is 12.0. The van der Waals surface area contributed by atoms with E-state index in [9.17, 15) is 4.79 Å². The first-order valence-corrected chi connectivity index (χ1v) is 6.83. The van der Waals surface area contributed by atoms with E-state index in [0.29, 0.717) is 27.5 Å². The topological polar surface area (TPSA) is 84.1 Å². The van der Waals surface area contributed by atoms with Crippen LogP contribution >= 0.6 is 11.3 Å². The fourth-order valence-electron chi connectivity index (χ4n) is 1.69. The van der Waals surface area contributed by atoms with Crippen molar-refractivity contribution < 1.29 is 4.79 Å². The number of fused-ring (bicyclic) bond motifs is 1. The molecule has 0 atom stereocenters. The van der Waals surface area contributed by atoms with Crippen LogP contribution in [-0.4, -0.2) is 48.0 Å². The van der Waals surface area contributed by atoms with Crippen molar-refractivity contribution in [1.29, 1.82) is 0 Å². The van der Waals surface area contributed by atoms with Crippen molar-refractivity contribution in [3.05, 3.63) is 17.3 Å². The number of thiophene rings is 1. The number of aromatic nitrogens is 2.